The Hall–Kier alpha value is -4.51. The lowest BCUT2D eigenvalue weighted by atomic mass is 10.1. The van der Waals surface area contributed by atoms with E-state index in [4.69, 9.17) is 11.0 Å². The average molecular weight is 398 g/mol. The summed E-state index contributed by atoms with van der Waals surface area (Å²) in [5.74, 6) is -0.226. The van der Waals surface area contributed by atoms with Crippen LogP contribution in [0.2, 0.25) is 0 Å². The molecule has 148 valence electrons. The third-order valence-electron chi connectivity index (χ3n) is 4.15. The maximum Gasteiger partial charge on any atom is 0.254 e. The van der Waals surface area contributed by atoms with Gasteiger partial charge in [0.1, 0.15) is 17.5 Å². The van der Waals surface area contributed by atoms with Crippen molar-refractivity contribution < 1.29 is 4.79 Å². The van der Waals surface area contributed by atoms with Crippen molar-refractivity contribution in [3.8, 4) is 17.3 Å². The van der Waals surface area contributed by atoms with E-state index in [2.05, 4.69) is 20.3 Å². The number of benzene rings is 1. The van der Waals surface area contributed by atoms with Gasteiger partial charge >= 0.3 is 0 Å². The van der Waals surface area contributed by atoms with Crippen LogP contribution in [-0.2, 0) is 11.3 Å². The van der Waals surface area contributed by atoms with Crippen molar-refractivity contribution in [2.24, 2.45) is 10.7 Å². The third-order valence-corrected chi connectivity index (χ3v) is 4.15. The Morgan fingerprint density at radius 1 is 1.27 bits per heavy atom. The number of nitrogens with two attached hydrogens (primary N) is 1. The molecule has 0 aliphatic carbocycles. The molecule has 3 aromatic rings. The lowest BCUT2D eigenvalue weighted by molar-refractivity contribution is -0.117. The second kappa shape index (κ2) is 9.61. The lowest BCUT2D eigenvalue weighted by Gasteiger charge is -2.06. The Morgan fingerprint density at radius 2 is 2.07 bits per heavy atom. The number of nitriles is 1. The minimum atomic E-state index is -0.461. The maximum absolute atomic E-state index is 12.3. The maximum atomic E-state index is 12.3. The van der Waals surface area contributed by atoms with Crippen LogP contribution in [0.1, 0.15) is 11.1 Å². The number of amides is 1. The van der Waals surface area contributed by atoms with Crippen molar-refractivity contribution in [3.63, 3.8) is 0 Å². The van der Waals surface area contributed by atoms with E-state index in [0.717, 1.165) is 23.0 Å². The number of nitrogens with zero attached hydrogens (tertiary/aromatic N) is 3. The standard InChI is InChI=1S/C22H18N6O2/c23-9-17-13-26-21(8-20(17)29)27-14-18(10-24)22(30)28-12-15-6-7-19(25-11-15)16-4-2-1-3-5-16/h1-8,10-11,13-14H,12,24H2,(H,26,29)(H,28,30)/b18-10+,27-14+. The van der Waals surface area contributed by atoms with Gasteiger partial charge in [0, 0.05) is 43.0 Å². The Bertz CT molecular complexity index is 1190. The molecule has 3 rings (SSSR count). The van der Waals surface area contributed by atoms with Gasteiger partial charge in [0.15, 0.2) is 0 Å². The second-order valence-electron chi connectivity index (χ2n) is 6.19. The molecule has 0 saturated carbocycles. The zero-order chi connectivity index (χ0) is 21.3. The quantitative estimate of drug-likeness (QED) is 0.432. The minimum absolute atomic E-state index is 0.0202. The van der Waals surface area contributed by atoms with Gasteiger partial charge in [-0.25, -0.2) is 4.99 Å². The van der Waals surface area contributed by atoms with E-state index in [1.807, 2.05) is 42.5 Å². The second-order valence-corrected chi connectivity index (χ2v) is 6.19. The fraction of sp³-hybridized carbons (Fsp3) is 0.0455. The topological polar surface area (TPSA) is 137 Å². The highest BCUT2D eigenvalue weighted by molar-refractivity contribution is 6.12. The molecule has 0 aliphatic rings. The minimum Gasteiger partial charge on any atom is -0.404 e. The summed E-state index contributed by atoms with van der Waals surface area (Å²) in [5.41, 5.74) is 7.85. The lowest BCUT2D eigenvalue weighted by Crippen LogP contribution is -2.25. The molecule has 2 aromatic heterocycles. The molecule has 0 aliphatic heterocycles. The highest BCUT2D eigenvalue weighted by Gasteiger charge is 2.07. The van der Waals surface area contributed by atoms with Gasteiger partial charge < -0.3 is 16.0 Å². The normalized spacial score (nSPS) is 11.2. The molecule has 0 spiro atoms. The first-order chi connectivity index (χ1) is 14.6. The van der Waals surface area contributed by atoms with Crippen LogP contribution in [0.15, 0.2) is 82.5 Å². The van der Waals surface area contributed by atoms with E-state index < -0.39 is 11.3 Å². The molecule has 8 nitrogen and oxygen atoms in total. The van der Waals surface area contributed by atoms with Crippen molar-refractivity contribution >= 4 is 17.9 Å². The van der Waals surface area contributed by atoms with E-state index >= 15 is 0 Å². The summed E-state index contributed by atoms with van der Waals surface area (Å²) in [6.45, 7) is 0.264. The van der Waals surface area contributed by atoms with Crippen LogP contribution in [0.3, 0.4) is 0 Å². The van der Waals surface area contributed by atoms with Gasteiger partial charge in [0.05, 0.1) is 11.3 Å². The number of carbonyl (C=O) groups is 1. The zero-order valence-corrected chi connectivity index (χ0v) is 15.9. The number of rotatable bonds is 6. The van der Waals surface area contributed by atoms with Crippen LogP contribution in [0, 0.1) is 11.3 Å². The van der Waals surface area contributed by atoms with Gasteiger partial charge in [0.2, 0.25) is 5.43 Å². The van der Waals surface area contributed by atoms with Crippen LogP contribution in [0.5, 0.6) is 0 Å². The molecule has 8 heteroatoms. The number of aromatic nitrogens is 2. The van der Waals surface area contributed by atoms with Gasteiger partial charge in [-0.15, -0.1) is 0 Å². The number of hydrogen-bond acceptors (Lipinski definition) is 6. The first kappa shape index (κ1) is 20.2. The fourth-order valence-corrected chi connectivity index (χ4v) is 2.53. The van der Waals surface area contributed by atoms with Gasteiger partial charge in [-0.1, -0.05) is 36.4 Å². The highest BCUT2D eigenvalue weighted by Crippen LogP contribution is 2.16. The molecule has 0 unspecified atom stereocenters. The molecule has 1 amide bonds. The van der Waals surface area contributed by atoms with Gasteiger partial charge in [0.25, 0.3) is 5.91 Å². The molecular weight excluding hydrogens is 380 g/mol. The summed E-state index contributed by atoms with van der Waals surface area (Å²) in [6.07, 6.45) is 5.32. The molecule has 30 heavy (non-hydrogen) atoms. The summed E-state index contributed by atoms with van der Waals surface area (Å²) < 4.78 is 0. The molecular formula is C22H18N6O2. The first-order valence-electron chi connectivity index (χ1n) is 8.98. The van der Waals surface area contributed by atoms with E-state index in [1.165, 1.54) is 18.5 Å². The number of aliphatic imine (C=N–C) groups is 1. The van der Waals surface area contributed by atoms with Crippen LogP contribution >= 0.6 is 0 Å². The SMILES string of the molecule is N#Cc1c[nH]c(/N=C/C(=C\N)C(=O)NCc2ccc(-c3ccccc3)nc2)cc1=O. The summed E-state index contributed by atoms with van der Waals surface area (Å²) >= 11 is 0. The summed E-state index contributed by atoms with van der Waals surface area (Å²) in [5, 5.41) is 11.5. The number of hydrogen-bond donors (Lipinski definition) is 3. The molecule has 4 N–H and O–H groups in total. The van der Waals surface area contributed by atoms with Crippen LogP contribution in [0.4, 0.5) is 5.82 Å². The molecule has 0 atom stereocenters. The third kappa shape index (κ3) is 5.05. The van der Waals surface area contributed by atoms with Gasteiger partial charge in [-0.3, -0.25) is 14.6 Å². The Balaban J connectivity index is 1.61. The van der Waals surface area contributed by atoms with Crippen molar-refractivity contribution in [2.75, 3.05) is 0 Å². The molecule has 1 aromatic carbocycles. The zero-order valence-electron chi connectivity index (χ0n) is 15.9. The molecule has 0 saturated heterocycles. The van der Waals surface area contributed by atoms with Crippen LogP contribution in [-0.4, -0.2) is 22.1 Å². The number of aromatic amines is 1. The van der Waals surface area contributed by atoms with E-state index in [0.29, 0.717) is 0 Å². The number of pyridine rings is 2. The van der Waals surface area contributed by atoms with Gasteiger partial charge in [-0.05, 0) is 11.6 Å². The van der Waals surface area contributed by atoms with Gasteiger partial charge in [-0.2, -0.15) is 5.26 Å². The Labute approximate surface area is 172 Å². The molecule has 0 radical (unpaired) electrons. The van der Waals surface area contributed by atoms with E-state index in [9.17, 15) is 9.59 Å². The first-order valence-corrected chi connectivity index (χ1v) is 8.98. The van der Waals surface area contributed by atoms with Crippen molar-refractivity contribution in [1.29, 1.82) is 5.26 Å². The average Bonchev–Trinajstić information content (AvgIpc) is 2.79. The molecule has 0 bridgehead atoms. The van der Waals surface area contributed by atoms with E-state index in [-0.39, 0.29) is 23.5 Å². The molecule has 0 fully saturated rings. The Morgan fingerprint density at radius 3 is 2.70 bits per heavy atom. The Kier molecular flexibility index (Phi) is 6.48. The molecule has 2 heterocycles. The summed E-state index contributed by atoms with van der Waals surface area (Å²) in [4.78, 5) is 35.1. The van der Waals surface area contributed by atoms with Crippen LogP contribution < -0.4 is 16.5 Å². The predicted molar refractivity (Wildman–Crippen MR) is 114 cm³/mol. The fourth-order valence-electron chi connectivity index (χ4n) is 2.53. The summed E-state index contributed by atoms with van der Waals surface area (Å²) in [6, 6.07) is 16.5. The smallest absolute Gasteiger partial charge is 0.254 e. The largest absolute Gasteiger partial charge is 0.404 e. The van der Waals surface area contributed by atoms with E-state index in [1.54, 1.807) is 12.3 Å². The van der Waals surface area contributed by atoms with Crippen molar-refractivity contribution in [1.82, 2.24) is 15.3 Å². The van der Waals surface area contributed by atoms with Crippen LogP contribution in [0.25, 0.3) is 11.3 Å². The van der Waals surface area contributed by atoms with Crippen molar-refractivity contribution in [3.05, 3.63) is 94.0 Å². The van der Waals surface area contributed by atoms with Crippen molar-refractivity contribution in [2.45, 2.75) is 6.54 Å². The monoisotopic (exact) mass is 398 g/mol. The summed E-state index contributed by atoms with van der Waals surface area (Å²) in [7, 11) is 0. The number of H-pyrrole nitrogens is 1. The predicted octanol–water partition coefficient (Wildman–Crippen LogP) is 2.17. The number of carbonyl (C=O) groups excluding carboxylic acids is 1. The highest BCUT2D eigenvalue weighted by atomic mass is 16.1. The number of nitrogens with one attached hydrogen (secondary N) is 2.